The van der Waals surface area contributed by atoms with Crippen molar-refractivity contribution < 1.29 is 17.9 Å². The van der Waals surface area contributed by atoms with Crippen molar-refractivity contribution in [3.05, 3.63) is 34.3 Å². The van der Waals surface area contributed by atoms with Crippen molar-refractivity contribution in [2.75, 3.05) is 12.9 Å². The third kappa shape index (κ3) is 4.06. The van der Waals surface area contributed by atoms with E-state index in [0.29, 0.717) is 6.42 Å². The van der Waals surface area contributed by atoms with Crippen molar-refractivity contribution >= 4 is 31.7 Å². The molecular formula is C14H19BrO4S. The normalized spacial score (nSPS) is 14.6. The van der Waals surface area contributed by atoms with Crippen molar-refractivity contribution in [1.29, 1.82) is 0 Å². The number of halogens is 1. The van der Waals surface area contributed by atoms with Gasteiger partial charge in [0, 0.05) is 10.7 Å². The molecule has 0 saturated carbocycles. The first-order chi connectivity index (χ1) is 9.20. The molecule has 0 aliphatic rings. The van der Waals surface area contributed by atoms with E-state index in [1.807, 2.05) is 24.3 Å². The van der Waals surface area contributed by atoms with Crippen molar-refractivity contribution in [3.63, 3.8) is 0 Å². The summed E-state index contributed by atoms with van der Waals surface area (Å²) in [6.07, 6.45) is 1.77. The first kappa shape index (κ1) is 17.2. The molecule has 0 aromatic heterocycles. The van der Waals surface area contributed by atoms with Crippen molar-refractivity contribution in [2.24, 2.45) is 0 Å². The number of benzene rings is 1. The summed E-state index contributed by atoms with van der Waals surface area (Å²) in [7, 11) is -3.55. The van der Waals surface area contributed by atoms with Crippen LogP contribution in [0.1, 0.15) is 25.8 Å². The molecule has 0 spiro atoms. The summed E-state index contributed by atoms with van der Waals surface area (Å²) in [5, 5.41) is 0. The highest BCUT2D eigenvalue weighted by Crippen LogP contribution is 2.25. The maximum atomic E-state index is 12.0. The van der Waals surface area contributed by atoms with Crippen LogP contribution in [0.4, 0.5) is 0 Å². The Morgan fingerprint density at radius 1 is 1.30 bits per heavy atom. The number of aryl methyl sites for hydroxylation is 1. The van der Waals surface area contributed by atoms with Gasteiger partial charge in [-0.1, -0.05) is 28.1 Å². The Bertz CT molecular complexity index is 565. The molecule has 0 fully saturated rings. The van der Waals surface area contributed by atoms with E-state index in [-0.39, 0.29) is 13.0 Å². The first-order valence-corrected chi connectivity index (χ1v) is 9.00. The van der Waals surface area contributed by atoms with Gasteiger partial charge in [0.15, 0.2) is 14.6 Å². The highest BCUT2D eigenvalue weighted by Gasteiger charge is 2.44. The Morgan fingerprint density at radius 2 is 1.85 bits per heavy atom. The maximum Gasteiger partial charge on any atom is 0.327 e. The number of hydrogen-bond acceptors (Lipinski definition) is 4. The largest absolute Gasteiger partial charge is 0.465 e. The van der Waals surface area contributed by atoms with E-state index in [9.17, 15) is 13.2 Å². The number of sulfone groups is 1. The van der Waals surface area contributed by atoms with Crippen LogP contribution in [0.5, 0.6) is 0 Å². The van der Waals surface area contributed by atoms with Crippen LogP contribution in [0.2, 0.25) is 0 Å². The molecule has 112 valence electrons. The van der Waals surface area contributed by atoms with Crippen LogP contribution in [-0.4, -0.2) is 32.0 Å². The van der Waals surface area contributed by atoms with Crippen LogP contribution in [-0.2, 0) is 25.8 Å². The fraction of sp³-hybridized carbons (Fsp3) is 0.500. The zero-order valence-corrected chi connectivity index (χ0v) is 14.3. The predicted octanol–water partition coefficient (Wildman–Crippen LogP) is 2.75. The summed E-state index contributed by atoms with van der Waals surface area (Å²) in [6.45, 7) is 3.26. The van der Waals surface area contributed by atoms with Crippen LogP contribution < -0.4 is 0 Å². The van der Waals surface area contributed by atoms with Gasteiger partial charge in [0.05, 0.1) is 6.61 Å². The quantitative estimate of drug-likeness (QED) is 0.730. The van der Waals surface area contributed by atoms with Gasteiger partial charge >= 0.3 is 5.97 Å². The second kappa shape index (κ2) is 6.72. The monoisotopic (exact) mass is 362 g/mol. The molecular weight excluding hydrogens is 344 g/mol. The Balaban J connectivity index is 2.91. The summed E-state index contributed by atoms with van der Waals surface area (Å²) in [6, 6.07) is 7.57. The van der Waals surface area contributed by atoms with Gasteiger partial charge in [0.2, 0.25) is 0 Å². The van der Waals surface area contributed by atoms with Crippen LogP contribution in [0.15, 0.2) is 28.7 Å². The minimum atomic E-state index is -3.55. The summed E-state index contributed by atoms with van der Waals surface area (Å²) >= 11 is 3.34. The number of ether oxygens (including phenoxy) is 1. The lowest BCUT2D eigenvalue weighted by Gasteiger charge is -2.25. The van der Waals surface area contributed by atoms with Gasteiger partial charge in [-0.2, -0.15) is 0 Å². The molecule has 0 radical (unpaired) electrons. The van der Waals surface area contributed by atoms with Crippen molar-refractivity contribution in [1.82, 2.24) is 0 Å². The molecule has 0 aliphatic heterocycles. The highest BCUT2D eigenvalue weighted by molar-refractivity contribution is 9.10. The zero-order valence-electron chi connectivity index (χ0n) is 11.8. The molecule has 1 atom stereocenters. The molecule has 1 aromatic rings. The van der Waals surface area contributed by atoms with Crippen molar-refractivity contribution in [2.45, 2.75) is 31.4 Å². The highest BCUT2D eigenvalue weighted by atomic mass is 79.9. The topological polar surface area (TPSA) is 60.4 Å². The minimum absolute atomic E-state index is 0.169. The summed E-state index contributed by atoms with van der Waals surface area (Å²) in [5.41, 5.74) is 0.979. The standard InChI is InChI=1S/C14H19BrO4S/c1-4-19-13(16)14(2,20(3,17)18)10-9-11-5-7-12(15)8-6-11/h5-8H,4,9-10H2,1-3H3/t14-/m1/s1. The SMILES string of the molecule is CCOC(=O)[C@@](C)(CCc1ccc(Br)cc1)S(C)(=O)=O. The Kier molecular flexibility index (Phi) is 5.77. The van der Waals surface area contributed by atoms with Gasteiger partial charge in [-0.25, -0.2) is 8.42 Å². The molecule has 0 N–H and O–H groups in total. The van der Waals surface area contributed by atoms with E-state index >= 15 is 0 Å². The van der Waals surface area contributed by atoms with E-state index in [0.717, 1.165) is 16.3 Å². The van der Waals surface area contributed by atoms with E-state index < -0.39 is 20.6 Å². The van der Waals surface area contributed by atoms with Gasteiger partial charge in [0.1, 0.15) is 0 Å². The Labute approximate surface area is 128 Å². The lowest BCUT2D eigenvalue weighted by atomic mass is 10.0. The molecule has 0 aliphatic carbocycles. The summed E-state index contributed by atoms with van der Waals surface area (Å²) in [5.74, 6) is -0.681. The van der Waals surface area contributed by atoms with E-state index in [1.165, 1.54) is 6.92 Å². The first-order valence-electron chi connectivity index (χ1n) is 6.32. The molecule has 1 aromatic carbocycles. The second-order valence-electron chi connectivity index (χ2n) is 4.85. The fourth-order valence-corrected chi connectivity index (χ4v) is 2.86. The number of hydrogen-bond donors (Lipinski definition) is 0. The zero-order chi connectivity index (χ0) is 15.4. The maximum absolute atomic E-state index is 12.0. The molecule has 0 heterocycles. The van der Waals surface area contributed by atoms with Gasteiger partial charge in [-0.15, -0.1) is 0 Å². The van der Waals surface area contributed by atoms with Crippen molar-refractivity contribution in [3.8, 4) is 0 Å². The fourth-order valence-electron chi connectivity index (χ4n) is 1.76. The summed E-state index contributed by atoms with van der Waals surface area (Å²) < 4.78 is 28.2. The van der Waals surface area contributed by atoms with Crippen LogP contribution in [0.3, 0.4) is 0 Å². The molecule has 0 unspecified atom stereocenters. The minimum Gasteiger partial charge on any atom is -0.465 e. The molecule has 4 nitrogen and oxygen atoms in total. The molecule has 20 heavy (non-hydrogen) atoms. The molecule has 1 rings (SSSR count). The molecule has 0 bridgehead atoms. The van der Waals surface area contributed by atoms with Crippen LogP contribution in [0.25, 0.3) is 0 Å². The third-order valence-corrected chi connectivity index (χ3v) is 5.87. The number of carbonyl (C=O) groups excluding carboxylic acids is 1. The lowest BCUT2D eigenvalue weighted by Crippen LogP contribution is -2.44. The van der Waals surface area contributed by atoms with Gasteiger partial charge in [-0.05, 0) is 44.4 Å². The van der Waals surface area contributed by atoms with Gasteiger partial charge in [0.25, 0.3) is 0 Å². The average Bonchev–Trinajstić information content (AvgIpc) is 2.36. The number of carbonyl (C=O) groups is 1. The van der Waals surface area contributed by atoms with Gasteiger partial charge in [-0.3, -0.25) is 4.79 Å². The van der Waals surface area contributed by atoms with Crippen LogP contribution >= 0.6 is 15.9 Å². The summed E-state index contributed by atoms with van der Waals surface area (Å²) in [4.78, 5) is 12.0. The average molecular weight is 363 g/mol. The van der Waals surface area contributed by atoms with E-state index in [2.05, 4.69) is 15.9 Å². The van der Waals surface area contributed by atoms with Gasteiger partial charge < -0.3 is 4.74 Å². The van der Waals surface area contributed by atoms with E-state index in [1.54, 1.807) is 6.92 Å². The lowest BCUT2D eigenvalue weighted by molar-refractivity contribution is -0.146. The van der Waals surface area contributed by atoms with Crippen LogP contribution in [0, 0.1) is 0 Å². The van der Waals surface area contributed by atoms with E-state index in [4.69, 9.17) is 4.74 Å². The smallest absolute Gasteiger partial charge is 0.327 e. The Morgan fingerprint density at radius 3 is 2.30 bits per heavy atom. The predicted molar refractivity (Wildman–Crippen MR) is 82.3 cm³/mol. The molecule has 6 heteroatoms. The number of rotatable bonds is 6. The number of esters is 1. The molecule has 0 amide bonds. The third-order valence-electron chi connectivity index (χ3n) is 3.33. The Hall–Kier alpha value is -0.880. The molecule has 0 saturated heterocycles. The second-order valence-corrected chi connectivity index (χ2v) is 8.21.